The number of benzene rings is 2. The van der Waals surface area contributed by atoms with Gasteiger partial charge in [-0.25, -0.2) is 8.78 Å². The van der Waals surface area contributed by atoms with Gasteiger partial charge in [0.05, 0.1) is 35.7 Å². The van der Waals surface area contributed by atoms with Gasteiger partial charge in [-0.1, -0.05) is 23.4 Å². The lowest BCUT2D eigenvalue weighted by Crippen LogP contribution is -2.44. The molecule has 194 valence electrons. The number of hydrogen-bond acceptors (Lipinski definition) is 5. The Balaban J connectivity index is 1.41. The number of aromatic nitrogens is 1. The van der Waals surface area contributed by atoms with Crippen molar-refractivity contribution in [2.24, 2.45) is 5.41 Å². The molecule has 1 saturated heterocycles. The number of carboxylic acid groups (broad SMARTS) is 1. The molecule has 0 radical (unpaired) electrons. The lowest BCUT2D eigenvalue weighted by Gasteiger charge is -2.38. The van der Waals surface area contributed by atoms with Crippen LogP contribution in [0.2, 0.25) is 5.02 Å². The van der Waals surface area contributed by atoms with Crippen molar-refractivity contribution in [3.8, 4) is 17.6 Å². The normalized spacial score (nSPS) is 16.1. The SMILES string of the molecule is COc1ccc2ncc(Cl)c([C@H](O)CCC3(C(=O)O)CCN(CC#Cc4ccc(F)c(F)c4)CC3)c2c1. The van der Waals surface area contributed by atoms with Gasteiger partial charge in [0.15, 0.2) is 11.6 Å². The predicted molar refractivity (Wildman–Crippen MR) is 136 cm³/mol. The van der Waals surface area contributed by atoms with Crippen molar-refractivity contribution >= 4 is 28.5 Å². The molecule has 37 heavy (non-hydrogen) atoms. The fraction of sp³-hybridized carbons (Fsp3) is 0.357. The average Bonchev–Trinajstić information content (AvgIpc) is 2.89. The number of carboxylic acids is 1. The predicted octanol–water partition coefficient (Wildman–Crippen LogP) is 5.21. The van der Waals surface area contributed by atoms with Crippen LogP contribution in [0.4, 0.5) is 8.78 Å². The minimum atomic E-state index is -0.974. The van der Waals surface area contributed by atoms with Crippen LogP contribution in [0.5, 0.6) is 5.75 Å². The summed E-state index contributed by atoms with van der Waals surface area (Å²) in [5.74, 6) is 3.61. The number of halogens is 3. The first-order chi connectivity index (χ1) is 17.7. The van der Waals surface area contributed by atoms with Gasteiger partial charge >= 0.3 is 5.97 Å². The van der Waals surface area contributed by atoms with Gasteiger partial charge in [0.1, 0.15) is 5.75 Å². The van der Waals surface area contributed by atoms with E-state index >= 15 is 0 Å². The van der Waals surface area contributed by atoms with Gasteiger partial charge in [-0.3, -0.25) is 14.7 Å². The van der Waals surface area contributed by atoms with Crippen LogP contribution in [0, 0.1) is 28.9 Å². The Morgan fingerprint density at radius 1 is 1.22 bits per heavy atom. The van der Waals surface area contributed by atoms with E-state index in [1.807, 2.05) is 4.90 Å². The summed E-state index contributed by atoms with van der Waals surface area (Å²) in [6, 6.07) is 8.82. The third-order valence-corrected chi connectivity index (χ3v) is 7.32. The van der Waals surface area contributed by atoms with E-state index in [9.17, 15) is 23.8 Å². The van der Waals surface area contributed by atoms with Crippen molar-refractivity contribution in [3.63, 3.8) is 0 Å². The topological polar surface area (TPSA) is 82.9 Å². The molecular weight excluding hydrogens is 502 g/mol. The lowest BCUT2D eigenvalue weighted by molar-refractivity contribution is -0.153. The standard InChI is InChI=1S/C28H27ClF2N2O4/c1-37-19-5-7-24-20(16-19)26(21(29)17-32-24)25(34)8-9-28(27(35)36)10-13-33(14-11-28)12-2-3-18-4-6-22(30)23(31)15-18/h4-7,15-17,25,34H,8-14H2,1H3,(H,35,36)/t25-/m1/s1. The molecule has 4 rings (SSSR count). The highest BCUT2D eigenvalue weighted by atomic mass is 35.5. The Hall–Kier alpha value is -3.25. The van der Waals surface area contributed by atoms with E-state index in [2.05, 4.69) is 16.8 Å². The highest BCUT2D eigenvalue weighted by molar-refractivity contribution is 6.32. The molecule has 1 aliphatic rings. The number of rotatable bonds is 7. The highest BCUT2D eigenvalue weighted by Crippen LogP contribution is 2.41. The first-order valence-electron chi connectivity index (χ1n) is 11.9. The Kier molecular flexibility index (Phi) is 8.28. The largest absolute Gasteiger partial charge is 0.497 e. The molecule has 1 fully saturated rings. The van der Waals surface area contributed by atoms with Gasteiger partial charge in [0.25, 0.3) is 0 Å². The Labute approximate surface area is 218 Å². The van der Waals surface area contributed by atoms with Crippen LogP contribution < -0.4 is 4.74 Å². The number of carbonyl (C=O) groups is 1. The Morgan fingerprint density at radius 2 is 1.97 bits per heavy atom. The van der Waals surface area contributed by atoms with E-state index in [1.54, 1.807) is 25.3 Å². The lowest BCUT2D eigenvalue weighted by atomic mass is 9.74. The first kappa shape index (κ1) is 26.8. The molecule has 3 aromatic rings. The first-order valence-corrected chi connectivity index (χ1v) is 12.3. The fourth-order valence-corrected chi connectivity index (χ4v) is 5.00. The van der Waals surface area contributed by atoms with Gasteiger partial charge in [0, 0.05) is 35.8 Å². The number of aliphatic hydroxyl groups is 1. The van der Waals surface area contributed by atoms with E-state index in [-0.39, 0.29) is 12.8 Å². The summed E-state index contributed by atoms with van der Waals surface area (Å²) < 4.78 is 31.7. The zero-order chi connectivity index (χ0) is 26.6. The van der Waals surface area contributed by atoms with Crippen molar-refractivity contribution in [2.75, 3.05) is 26.7 Å². The van der Waals surface area contributed by atoms with E-state index in [0.717, 1.165) is 12.1 Å². The maximum atomic E-state index is 13.4. The number of methoxy groups -OCH3 is 1. The second-order valence-corrected chi connectivity index (χ2v) is 9.66. The number of ether oxygens (including phenoxy) is 1. The summed E-state index contributed by atoms with van der Waals surface area (Å²) in [5.41, 5.74) is 0.573. The van der Waals surface area contributed by atoms with Crippen molar-refractivity contribution < 1.29 is 28.5 Å². The number of pyridine rings is 1. The van der Waals surface area contributed by atoms with Gasteiger partial charge in [0.2, 0.25) is 0 Å². The van der Waals surface area contributed by atoms with Gasteiger partial charge in [-0.2, -0.15) is 0 Å². The second kappa shape index (κ2) is 11.4. The number of aliphatic hydroxyl groups excluding tert-OH is 1. The molecule has 9 heteroatoms. The highest BCUT2D eigenvalue weighted by Gasteiger charge is 2.41. The number of hydrogen-bond donors (Lipinski definition) is 2. The van der Waals surface area contributed by atoms with Crippen LogP contribution in [0.1, 0.15) is 42.9 Å². The molecule has 0 amide bonds. The number of fused-ring (bicyclic) bond motifs is 1. The van der Waals surface area contributed by atoms with Crippen LogP contribution in [-0.2, 0) is 4.79 Å². The third-order valence-electron chi connectivity index (χ3n) is 7.02. The molecule has 0 aliphatic carbocycles. The van der Waals surface area contributed by atoms with E-state index in [4.69, 9.17) is 16.3 Å². The summed E-state index contributed by atoms with van der Waals surface area (Å²) in [7, 11) is 1.55. The van der Waals surface area contributed by atoms with E-state index < -0.39 is 29.1 Å². The molecule has 0 spiro atoms. The summed E-state index contributed by atoms with van der Waals surface area (Å²) >= 11 is 6.40. The number of likely N-dealkylation sites (tertiary alicyclic amines) is 1. The molecule has 6 nitrogen and oxygen atoms in total. The summed E-state index contributed by atoms with van der Waals surface area (Å²) in [6.45, 7) is 1.42. The van der Waals surface area contributed by atoms with Gasteiger partial charge in [-0.15, -0.1) is 0 Å². The number of nitrogens with zero attached hydrogens (tertiary/aromatic N) is 2. The minimum absolute atomic E-state index is 0.221. The molecule has 0 bridgehead atoms. The molecule has 2 N–H and O–H groups in total. The van der Waals surface area contributed by atoms with Crippen LogP contribution in [0.25, 0.3) is 10.9 Å². The zero-order valence-electron chi connectivity index (χ0n) is 20.3. The molecule has 2 aromatic carbocycles. The molecule has 1 atom stereocenters. The smallest absolute Gasteiger partial charge is 0.309 e. The molecule has 1 aromatic heterocycles. The molecule has 0 unspecified atom stereocenters. The van der Waals surface area contributed by atoms with Crippen LogP contribution in [-0.4, -0.2) is 52.8 Å². The maximum Gasteiger partial charge on any atom is 0.309 e. The zero-order valence-corrected chi connectivity index (χ0v) is 21.1. The minimum Gasteiger partial charge on any atom is -0.497 e. The molecular formula is C28H27ClF2N2O4. The van der Waals surface area contributed by atoms with Gasteiger partial charge < -0.3 is 14.9 Å². The summed E-state index contributed by atoms with van der Waals surface area (Å²) in [4.78, 5) is 18.6. The Morgan fingerprint density at radius 3 is 2.65 bits per heavy atom. The average molecular weight is 529 g/mol. The summed E-state index contributed by atoms with van der Waals surface area (Å²) in [6.07, 6.45) is 1.82. The van der Waals surface area contributed by atoms with Gasteiger partial charge in [-0.05, 0) is 62.1 Å². The number of aliphatic carboxylic acids is 1. The summed E-state index contributed by atoms with van der Waals surface area (Å²) in [5, 5.41) is 22.1. The van der Waals surface area contributed by atoms with Crippen molar-refractivity contribution in [1.82, 2.24) is 9.88 Å². The quantitative estimate of drug-likeness (QED) is 0.410. The van der Waals surface area contributed by atoms with Crippen molar-refractivity contribution in [2.45, 2.75) is 31.8 Å². The molecule has 1 aliphatic heterocycles. The van der Waals surface area contributed by atoms with Crippen molar-refractivity contribution in [1.29, 1.82) is 0 Å². The van der Waals surface area contributed by atoms with Crippen LogP contribution in [0.15, 0.2) is 42.6 Å². The van der Waals surface area contributed by atoms with E-state index in [0.29, 0.717) is 65.3 Å². The van der Waals surface area contributed by atoms with Crippen molar-refractivity contribution in [3.05, 3.63) is 70.4 Å². The molecule has 2 heterocycles. The third kappa shape index (κ3) is 6.02. The van der Waals surface area contributed by atoms with Crippen LogP contribution >= 0.6 is 11.6 Å². The fourth-order valence-electron chi connectivity index (χ4n) is 4.73. The van der Waals surface area contributed by atoms with E-state index in [1.165, 1.54) is 12.3 Å². The number of piperidine rings is 1. The second-order valence-electron chi connectivity index (χ2n) is 9.25. The molecule has 0 saturated carbocycles. The Bertz CT molecular complexity index is 1360. The monoisotopic (exact) mass is 528 g/mol. The van der Waals surface area contributed by atoms with Crippen LogP contribution in [0.3, 0.4) is 0 Å². The maximum absolute atomic E-state index is 13.4.